The molecule has 28 heavy (non-hydrogen) atoms. The molecule has 0 radical (unpaired) electrons. The van der Waals surface area contributed by atoms with E-state index >= 15 is 0 Å². The molecule has 0 aliphatic rings. The van der Waals surface area contributed by atoms with E-state index in [2.05, 4.69) is 10.6 Å². The lowest BCUT2D eigenvalue weighted by atomic mass is 10.2. The highest BCUT2D eigenvalue weighted by atomic mass is 35.5. The molecule has 0 bridgehead atoms. The number of para-hydroxylation sites is 1. The predicted octanol–water partition coefficient (Wildman–Crippen LogP) is 5.00. The maximum Gasteiger partial charge on any atom is 0.255 e. The second-order valence-electron chi connectivity index (χ2n) is 5.97. The number of amides is 2. The van der Waals surface area contributed by atoms with Crippen molar-refractivity contribution in [2.75, 3.05) is 17.2 Å². The molecule has 2 N–H and O–H groups in total. The minimum absolute atomic E-state index is 0.187. The van der Waals surface area contributed by atoms with Crippen molar-refractivity contribution in [3.8, 4) is 5.75 Å². The van der Waals surface area contributed by atoms with Gasteiger partial charge < -0.3 is 15.4 Å². The molecule has 0 fully saturated rings. The molecule has 0 aromatic heterocycles. The van der Waals surface area contributed by atoms with Crippen molar-refractivity contribution >= 4 is 34.8 Å². The van der Waals surface area contributed by atoms with Gasteiger partial charge in [-0.1, -0.05) is 48.0 Å². The number of nitrogens with one attached hydrogen (secondary N) is 2. The molecule has 0 saturated carbocycles. The van der Waals surface area contributed by atoms with Gasteiger partial charge >= 0.3 is 0 Å². The molecule has 3 rings (SSSR count). The Kier molecular flexibility index (Phi) is 6.65. The van der Waals surface area contributed by atoms with Crippen molar-refractivity contribution < 1.29 is 14.3 Å². The van der Waals surface area contributed by atoms with E-state index < -0.39 is 0 Å². The molecule has 6 heteroatoms. The Balaban J connectivity index is 1.52. The second kappa shape index (κ2) is 9.58. The average Bonchev–Trinajstić information content (AvgIpc) is 2.71. The van der Waals surface area contributed by atoms with Crippen LogP contribution in [0.5, 0.6) is 5.75 Å². The molecule has 2 amide bonds. The van der Waals surface area contributed by atoms with Gasteiger partial charge in [-0.05, 0) is 42.5 Å². The van der Waals surface area contributed by atoms with E-state index in [4.69, 9.17) is 16.3 Å². The van der Waals surface area contributed by atoms with Gasteiger partial charge in [0.1, 0.15) is 5.75 Å². The third kappa shape index (κ3) is 5.59. The zero-order valence-electron chi connectivity index (χ0n) is 15.0. The molecule has 0 aliphatic carbocycles. The van der Waals surface area contributed by atoms with Crippen LogP contribution in [0.25, 0.3) is 0 Å². The Morgan fingerprint density at radius 1 is 0.857 bits per heavy atom. The first-order chi connectivity index (χ1) is 13.6. The van der Waals surface area contributed by atoms with Gasteiger partial charge in [0.25, 0.3) is 5.91 Å². The van der Waals surface area contributed by atoms with Gasteiger partial charge in [0.2, 0.25) is 5.91 Å². The van der Waals surface area contributed by atoms with Crippen molar-refractivity contribution in [1.82, 2.24) is 0 Å². The molecule has 0 unspecified atom stereocenters. The molecular formula is C22H19ClN2O3. The number of halogens is 1. The lowest BCUT2D eigenvalue weighted by Crippen LogP contribution is -2.15. The highest BCUT2D eigenvalue weighted by Crippen LogP contribution is 2.26. The standard InChI is InChI=1S/C22H19ClN2O3/c23-19-15-17(24-21(26)13-14-28-18-9-5-2-6-10-18)11-12-20(19)25-22(27)16-7-3-1-4-8-16/h1-12,15H,13-14H2,(H,24,26)(H,25,27). The van der Waals surface area contributed by atoms with Crippen LogP contribution in [0, 0.1) is 0 Å². The van der Waals surface area contributed by atoms with Crippen LogP contribution in [0.15, 0.2) is 78.9 Å². The fourth-order valence-corrected chi connectivity index (χ4v) is 2.71. The number of hydrogen-bond donors (Lipinski definition) is 2. The zero-order valence-corrected chi connectivity index (χ0v) is 15.8. The average molecular weight is 395 g/mol. The van der Waals surface area contributed by atoms with Crippen molar-refractivity contribution in [3.63, 3.8) is 0 Å². The van der Waals surface area contributed by atoms with Crippen molar-refractivity contribution in [2.24, 2.45) is 0 Å². The SMILES string of the molecule is O=C(CCOc1ccccc1)Nc1ccc(NC(=O)c2ccccc2)c(Cl)c1. The van der Waals surface area contributed by atoms with Crippen LogP contribution in [-0.2, 0) is 4.79 Å². The summed E-state index contributed by atoms with van der Waals surface area (Å²) in [7, 11) is 0. The number of anilines is 2. The summed E-state index contributed by atoms with van der Waals surface area (Å²) in [6.07, 6.45) is 0.207. The summed E-state index contributed by atoms with van der Waals surface area (Å²) in [5, 5.41) is 5.86. The smallest absolute Gasteiger partial charge is 0.255 e. The van der Waals surface area contributed by atoms with Crippen molar-refractivity contribution in [2.45, 2.75) is 6.42 Å². The highest BCUT2D eigenvalue weighted by molar-refractivity contribution is 6.34. The summed E-state index contributed by atoms with van der Waals surface area (Å²) in [6.45, 7) is 0.273. The van der Waals surface area contributed by atoms with Crippen LogP contribution in [0.1, 0.15) is 16.8 Å². The number of benzene rings is 3. The van der Waals surface area contributed by atoms with Gasteiger partial charge in [-0.3, -0.25) is 9.59 Å². The number of hydrogen-bond acceptors (Lipinski definition) is 3. The first-order valence-electron chi connectivity index (χ1n) is 8.75. The van der Waals surface area contributed by atoms with E-state index in [1.54, 1.807) is 42.5 Å². The van der Waals surface area contributed by atoms with E-state index in [1.807, 2.05) is 36.4 Å². The molecular weight excluding hydrogens is 376 g/mol. The maximum absolute atomic E-state index is 12.2. The van der Waals surface area contributed by atoms with Crippen molar-refractivity contribution in [1.29, 1.82) is 0 Å². The lowest BCUT2D eigenvalue weighted by molar-refractivity contribution is -0.116. The van der Waals surface area contributed by atoms with E-state index in [0.29, 0.717) is 22.0 Å². The summed E-state index contributed by atoms with van der Waals surface area (Å²) >= 11 is 6.24. The number of carbonyl (C=O) groups excluding carboxylic acids is 2. The molecule has 0 heterocycles. The first kappa shape index (κ1) is 19.5. The van der Waals surface area contributed by atoms with Crippen LogP contribution in [0.2, 0.25) is 5.02 Å². The van der Waals surface area contributed by atoms with Gasteiger partial charge in [-0.2, -0.15) is 0 Å². The van der Waals surface area contributed by atoms with Crippen LogP contribution >= 0.6 is 11.6 Å². The molecule has 3 aromatic rings. The molecule has 5 nitrogen and oxygen atoms in total. The summed E-state index contributed by atoms with van der Waals surface area (Å²) in [6, 6.07) is 23.1. The minimum atomic E-state index is -0.252. The third-order valence-electron chi connectivity index (χ3n) is 3.88. The fraction of sp³-hybridized carbons (Fsp3) is 0.0909. The quantitative estimate of drug-likeness (QED) is 0.592. The summed E-state index contributed by atoms with van der Waals surface area (Å²) in [5.74, 6) is 0.280. The van der Waals surface area contributed by atoms with Crippen LogP contribution in [0.3, 0.4) is 0 Å². The van der Waals surface area contributed by atoms with E-state index in [1.165, 1.54) is 0 Å². The Bertz CT molecular complexity index is 947. The summed E-state index contributed by atoms with van der Waals surface area (Å²) in [4.78, 5) is 24.3. The fourth-order valence-electron chi connectivity index (χ4n) is 2.48. The maximum atomic E-state index is 12.2. The van der Waals surface area contributed by atoms with E-state index in [-0.39, 0.29) is 24.8 Å². The second-order valence-corrected chi connectivity index (χ2v) is 6.38. The molecule has 0 spiro atoms. The van der Waals surface area contributed by atoms with Gasteiger partial charge in [-0.15, -0.1) is 0 Å². The van der Waals surface area contributed by atoms with Gasteiger partial charge in [-0.25, -0.2) is 0 Å². The van der Waals surface area contributed by atoms with Crippen LogP contribution in [-0.4, -0.2) is 18.4 Å². The van der Waals surface area contributed by atoms with Crippen LogP contribution < -0.4 is 15.4 Å². The molecule has 3 aromatic carbocycles. The topological polar surface area (TPSA) is 67.4 Å². The number of rotatable bonds is 7. The Labute approximate surface area is 168 Å². The normalized spacial score (nSPS) is 10.2. The largest absolute Gasteiger partial charge is 0.493 e. The predicted molar refractivity (Wildman–Crippen MR) is 111 cm³/mol. The summed E-state index contributed by atoms with van der Waals surface area (Å²) < 4.78 is 5.51. The molecule has 0 atom stereocenters. The molecule has 0 saturated heterocycles. The molecule has 0 aliphatic heterocycles. The van der Waals surface area contributed by atoms with E-state index in [9.17, 15) is 9.59 Å². The van der Waals surface area contributed by atoms with Gasteiger partial charge in [0.05, 0.1) is 23.7 Å². The first-order valence-corrected chi connectivity index (χ1v) is 9.13. The Hall–Kier alpha value is -3.31. The van der Waals surface area contributed by atoms with Crippen LogP contribution in [0.4, 0.5) is 11.4 Å². The van der Waals surface area contributed by atoms with Crippen molar-refractivity contribution in [3.05, 3.63) is 89.4 Å². The molecule has 142 valence electrons. The monoisotopic (exact) mass is 394 g/mol. The lowest BCUT2D eigenvalue weighted by Gasteiger charge is -2.11. The van der Waals surface area contributed by atoms with Gasteiger partial charge in [0.15, 0.2) is 0 Å². The Morgan fingerprint density at radius 2 is 1.54 bits per heavy atom. The summed E-state index contributed by atoms with van der Waals surface area (Å²) in [5.41, 5.74) is 1.56. The zero-order chi connectivity index (χ0) is 19.8. The van der Waals surface area contributed by atoms with E-state index in [0.717, 1.165) is 5.75 Å². The number of ether oxygens (including phenoxy) is 1. The highest BCUT2D eigenvalue weighted by Gasteiger charge is 2.10. The Morgan fingerprint density at radius 3 is 2.21 bits per heavy atom. The minimum Gasteiger partial charge on any atom is -0.493 e. The van der Waals surface area contributed by atoms with Gasteiger partial charge in [0, 0.05) is 11.3 Å². The number of carbonyl (C=O) groups is 2. The third-order valence-corrected chi connectivity index (χ3v) is 4.19.